The van der Waals surface area contributed by atoms with Crippen LogP contribution in [0.2, 0.25) is 0 Å². The highest BCUT2D eigenvalue weighted by molar-refractivity contribution is 5.97. The molecule has 1 heterocycles. The first-order valence-corrected chi connectivity index (χ1v) is 8.40. The molecule has 0 radical (unpaired) electrons. The third-order valence-electron chi connectivity index (χ3n) is 4.58. The van der Waals surface area contributed by atoms with Gasteiger partial charge in [-0.05, 0) is 30.2 Å². The molecule has 0 spiro atoms. The topological polar surface area (TPSA) is 58.6 Å². The van der Waals surface area contributed by atoms with E-state index in [4.69, 9.17) is 4.74 Å². The van der Waals surface area contributed by atoms with Crippen LogP contribution in [0.1, 0.15) is 35.2 Å². The Balaban J connectivity index is 1.63. The fourth-order valence-corrected chi connectivity index (χ4v) is 3.33. The van der Waals surface area contributed by atoms with Crippen molar-refractivity contribution in [1.82, 2.24) is 5.32 Å². The van der Waals surface area contributed by atoms with E-state index in [1.807, 2.05) is 35.2 Å². The number of anilines is 1. The Bertz CT molecular complexity index is 788. The van der Waals surface area contributed by atoms with Gasteiger partial charge in [-0.2, -0.15) is 0 Å². The second kappa shape index (κ2) is 7.38. The second-order valence-corrected chi connectivity index (χ2v) is 6.13. The van der Waals surface area contributed by atoms with E-state index in [2.05, 4.69) is 11.4 Å². The molecule has 0 aliphatic carbocycles. The summed E-state index contributed by atoms with van der Waals surface area (Å²) < 4.78 is 5.23. The maximum Gasteiger partial charge on any atom is 0.255 e. The Hall–Kier alpha value is -2.82. The highest BCUT2D eigenvalue weighted by Gasteiger charge is 2.30. The molecular weight excluding hydrogens is 316 g/mol. The summed E-state index contributed by atoms with van der Waals surface area (Å²) >= 11 is 0. The molecule has 1 N–H and O–H groups in total. The summed E-state index contributed by atoms with van der Waals surface area (Å²) in [5.74, 6) is 0.701. The molecule has 0 saturated carbocycles. The van der Waals surface area contributed by atoms with Crippen LogP contribution in [0, 0.1) is 0 Å². The van der Waals surface area contributed by atoms with E-state index < -0.39 is 0 Å². The van der Waals surface area contributed by atoms with Crippen molar-refractivity contribution in [2.75, 3.05) is 25.1 Å². The lowest BCUT2D eigenvalue weighted by Crippen LogP contribution is -2.29. The van der Waals surface area contributed by atoms with Crippen LogP contribution in [0.3, 0.4) is 0 Å². The van der Waals surface area contributed by atoms with Crippen LogP contribution in [-0.2, 0) is 4.79 Å². The number of rotatable bonds is 5. The van der Waals surface area contributed by atoms with Crippen molar-refractivity contribution >= 4 is 17.5 Å². The number of nitrogens with one attached hydrogen (secondary N) is 1. The lowest BCUT2D eigenvalue weighted by molar-refractivity contribution is -0.116. The Morgan fingerprint density at radius 1 is 1.16 bits per heavy atom. The van der Waals surface area contributed by atoms with Gasteiger partial charge in [0.2, 0.25) is 5.91 Å². The monoisotopic (exact) mass is 338 g/mol. The van der Waals surface area contributed by atoms with Gasteiger partial charge < -0.3 is 15.0 Å². The van der Waals surface area contributed by atoms with Gasteiger partial charge in [-0.25, -0.2) is 0 Å². The molecule has 1 atom stereocenters. The average Bonchev–Trinajstić information content (AvgIpc) is 3.01. The number of para-hydroxylation sites is 2. The fraction of sp³-hybridized carbons (Fsp3) is 0.300. The lowest BCUT2D eigenvalue weighted by atomic mass is 9.98. The normalized spacial score (nSPS) is 15.6. The fourth-order valence-electron chi connectivity index (χ4n) is 3.33. The molecule has 3 rings (SSSR count). The zero-order valence-electron chi connectivity index (χ0n) is 14.5. The number of amides is 2. The van der Waals surface area contributed by atoms with Gasteiger partial charge >= 0.3 is 0 Å². The van der Waals surface area contributed by atoms with Crippen molar-refractivity contribution in [2.24, 2.45) is 0 Å². The van der Waals surface area contributed by atoms with E-state index in [1.54, 1.807) is 26.2 Å². The van der Waals surface area contributed by atoms with Gasteiger partial charge in [0.15, 0.2) is 0 Å². The summed E-state index contributed by atoms with van der Waals surface area (Å²) in [7, 11) is 1.55. The Morgan fingerprint density at radius 3 is 2.64 bits per heavy atom. The summed E-state index contributed by atoms with van der Waals surface area (Å²) in [5, 5.41) is 2.95. The number of fused-ring (bicyclic) bond motifs is 1. The Morgan fingerprint density at radius 2 is 1.88 bits per heavy atom. The van der Waals surface area contributed by atoms with Crippen LogP contribution in [0.25, 0.3) is 0 Å². The second-order valence-electron chi connectivity index (χ2n) is 6.13. The molecule has 1 aliphatic heterocycles. The predicted octanol–water partition coefficient (Wildman–Crippen LogP) is 2.97. The summed E-state index contributed by atoms with van der Waals surface area (Å²) in [4.78, 5) is 26.0. The molecule has 0 aromatic heterocycles. The molecule has 0 fully saturated rings. The van der Waals surface area contributed by atoms with Gasteiger partial charge in [0.1, 0.15) is 5.75 Å². The number of ether oxygens (including phenoxy) is 1. The zero-order valence-corrected chi connectivity index (χ0v) is 14.5. The molecule has 1 aliphatic rings. The first kappa shape index (κ1) is 17.0. The van der Waals surface area contributed by atoms with Crippen LogP contribution < -0.4 is 15.0 Å². The van der Waals surface area contributed by atoms with Gasteiger partial charge in [-0.15, -0.1) is 0 Å². The molecular formula is C20H22N2O3. The van der Waals surface area contributed by atoms with Gasteiger partial charge in [-0.1, -0.05) is 30.3 Å². The lowest BCUT2D eigenvalue weighted by Gasteiger charge is -2.15. The van der Waals surface area contributed by atoms with E-state index in [0.29, 0.717) is 24.4 Å². The maximum atomic E-state index is 12.4. The first-order valence-electron chi connectivity index (χ1n) is 8.40. The maximum absolute atomic E-state index is 12.4. The quantitative estimate of drug-likeness (QED) is 0.912. The van der Waals surface area contributed by atoms with Gasteiger partial charge in [0, 0.05) is 31.6 Å². The minimum absolute atomic E-state index is 0.0491. The molecule has 130 valence electrons. The number of hydrogen-bond donors (Lipinski definition) is 1. The number of hydrogen-bond acceptors (Lipinski definition) is 3. The molecule has 25 heavy (non-hydrogen) atoms. The smallest absolute Gasteiger partial charge is 0.255 e. The standard InChI is InChI=1S/C20H22N2O3/c1-14(23)22-13-15(16-7-3-5-9-18(16)22)11-12-21-20(24)17-8-4-6-10-19(17)25-2/h3-10,15H,11-13H2,1-2H3,(H,21,24). The predicted molar refractivity (Wildman–Crippen MR) is 97.2 cm³/mol. The molecule has 5 nitrogen and oxygen atoms in total. The Labute approximate surface area is 147 Å². The van der Waals surface area contributed by atoms with Gasteiger partial charge in [0.05, 0.1) is 12.7 Å². The van der Waals surface area contributed by atoms with Crippen molar-refractivity contribution in [3.63, 3.8) is 0 Å². The largest absolute Gasteiger partial charge is 0.496 e. The molecule has 0 saturated heterocycles. The summed E-state index contributed by atoms with van der Waals surface area (Å²) in [5.41, 5.74) is 2.68. The van der Waals surface area contributed by atoms with E-state index in [0.717, 1.165) is 12.1 Å². The Kier molecular flexibility index (Phi) is 5.03. The third kappa shape index (κ3) is 3.50. The number of nitrogens with zero attached hydrogens (tertiary/aromatic N) is 1. The third-order valence-corrected chi connectivity index (χ3v) is 4.58. The molecule has 2 aromatic carbocycles. The van der Waals surface area contributed by atoms with Crippen LogP contribution in [0.4, 0.5) is 5.69 Å². The van der Waals surface area contributed by atoms with Crippen molar-refractivity contribution in [3.8, 4) is 5.75 Å². The molecule has 5 heteroatoms. The molecule has 0 bridgehead atoms. The summed E-state index contributed by atoms with van der Waals surface area (Å²) in [6.07, 6.45) is 0.779. The van der Waals surface area contributed by atoms with E-state index in [9.17, 15) is 9.59 Å². The average molecular weight is 338 g/mol. The van der Waals surface area contributed by atoms with Crippen molar-refractivity contribution in [1.29, 1.82) is 0 Å². The summed E-state index contributed by atoms with van der Waals surface area (Å²) in [6.45, 7) is 2.80. The van der Waals surface area contributed by atoms with Crippen molar-refractivity contribution in [2.45, 2.75) is 19.3 Å². The zero-order chi connectivity index (χ0) is 17.8. The van der Waals surface area contributed by atoms with Gasteiger partial charge in [0.25, 0.3) is 5.91 Å². The minimum atomic E-state index is -0.146. The first-order chi connectivity index (χ1) is 12.1. The summed E-state index contributed by atoms with van der Waals surface area (Å²) in [6, 6.07) is 15.1. The van der Waals surface area contributed by atoms with Crippen LogP contribution in [-0.4, -0.2) is 32.0 Å². The van der Waals surface area contributed by atoms with E-state index in [-0.39, 0.29) is 17.7 Å². The highest BCUT2D eigenvalue weighted by Crippen LogP contribution is 2.37. The van der Waals surface area contributed by atoms with E-state index >= 15 is 0 Å². The number of methoxy groups -OCH3 is 1. The SMILES string of the molecule is COc1ccccc1C(=O)NCCC1CN(C(C)=O)c2ccccc21. The van der Waals surface area contributed by atoms with E-state index in [1.165, 1.54) is 5.56 Å². The number of carbonyl (C=O) groups excluding carboxylic acids is 2. The van der Waals surface area contributed by atoms with Gasteiger partial charge in [-0.3, -0.25) is 9.59 Å². The number of benzene rings is 2. The minimum Gasteiger partial charge on any atom is -0.496 e. The van der Waals surface area contributed by atoms with Crippen molar-refractivity contribution in [3.05, 3.63) is 59.7 Å². The van der Waals surface area contributed by atoms with Crippen LogP contribution in [0.15, 0.2) is 48.5 Å². The number of carbonyl (C=O) groups is 2. The molecule has 1 unspecified atom stereocenters. The van der Waals surface area contributed by atoms with Crippen LogP contribution >= 0.6 is 0 Å². The van der Waals surface area contributed by atoms with Crippen LogP contribution in [0.5, 0.6) is 5.75 Å². The van der Waals surface area contributed by atoms with Crippen molar-refractivity contribution < 1.29 is 14.3 Å². The molecule has 2 aromatic rings. The highest BCUT2D eigenvalue weighted by atomic mass is 16.5. The molecule has 2 amide bonds.